The van der Waals surface area contributed by atoms with Gasteiger partial charge in [0.15, 0.2) is 6.61 Å². The van der Waals surface area contributed by atoms with Crippen LogP contribution < -0.4 is 10.2 Å². The Morgan fingerprint density at radius 2 is 1.87 bits per heavy atom. The monoisotopic (exact) mass is 461 g/mol. The Morgan fingerprint density at radius 1 is 1.19 bits per heavy atom. The Labute approximate surface area is 190 Å². The number of morpholine rings is 1. The number of carbonyl (C=O) groups excluding carboxylic acids is 2. The molecule has 7 nitrogen and oxygen atoms in total. The van der Waals surface area contributed by atoms with Crippen LogP contribution in [0.3, 0.4) is 0 Å². The highest BCUT2D eigenvalue weighted by Crippen LogP contribution is 2.24. The molecular weight excluding hydrogens is 438 g/mol. The maximum Gasteiger partial charge on any atom is 0.260 e. The smallest absolute Gasteiger partial charge is 0.260 e. The Kier molecular flexibility index (Phi) is 8.75. The molecule has 1 aliphatic rings. The van der Waals surface area contributed by atoms with Gasteiger partial charge >= 0.3 is 0 Å². The molecule has 31 heavy (non-hydrogen) atoms. The summed E-state index contributed by atoms with van der Waals surface area (Å²) in [6.07, 6.45) is 1.56. The molecule has 0 bridgehead atoms. The van der Waals surface area contributed by atoms with Gasteiger partial charge in [0.1, 0.15) is 5.75 Å². The lowest BCUT2D eigenvalue weighted by atomic mass is 10.2. The first kappa shape index (κ1) is 23.1. The summed E-state index contributed by atoms with van der Waals surface area (Å²) in [7, 11) is 0. The molecule has 0 aromatic heterocycles. The largest absolute Gasteiger partial charge is 0.484 e. The zero-order valence-corrected chi connectivity index (χ0v) is 18.7. The topological polar surface area (TPSA) is 80.2 Å². The molecule has 1 fully saturated rings. The minimum Gasteiger partial charge on any atom is -0.484 e. The zero-order valence-electron chi connectivity index (χ0n) is 17.1. The number of halogens is 1. The summed E-state index contributed by atoms with van der Waals surface area (Å²) in [5.74, 6) is 0.343. The first-order valence-electron chi connectivity index (χ1n) is 9.85. The van der Waals surface area contributed by atoms with Crippen molar-refractivity contribution in [1.82, 2.24) is 10.3 Å². The van der Waals surface area contributed by atoms with Gasteiger partial charge in [0, 0.05) is 23.0 Å². The quantitative estimate of drug-likeness (QED) is 0.371. The number of hydrogen-bond acceptors (Lipinski definition) is 6. The minimum absolute atomic E-state index is 0.00727. The van der Waals surface area contributed by atoms with E-state index < -0.39 is 0 Å². The van der Waals surface area contributed by atoms with Crippen LogP contribution in [0.15, 0.2) is 58.5 Å². The standard InChI is InChI=1S/C22H24ClN3O4S/c1-16(31-20-8-4-18(23)5-9-20)22(28)25-24-14-17-2-6-19(7-3-17)30-15-21(27)26-10-12-29-13-11-26/h2-9,14,16H,10-13,15H2,1H3,(H,25,28)/b24-14+. The molecule has 9 heteroatoms. The van der Waals surface area contributed by atoms with Gasteiger partial charge in [-0.3, -0.25) is 9.59 Å². The Morgan fingerprint density at radius 3 is 2.55 bits per heavy atom. The van der Waals surface area contributed by atoms with Gasteiger partial charge in [-0.1, -0.05) is 11.6 Å². The average molecular weight is 462 g/mol. The van der Waals surface area contributed by atoms with Crippen LogP contribution >= 0.6 is 23.4 Å². The van der Waals surface area contributed by atoms with E-state index in [0.29, 0.717) is 37.1 Å². The Hall–Kier alpha value is -2.55. The first-order chi connectivity index (χ1) is 15.0. The van der Waals surface area contributed by atoms with E-state index in [1.807, 2.05) is 19.1 Å². The molecule has 1 saturated heterocycles. The van der Waals surface area contributed by atoms with Crippen LogP contribution in [-0.2, 0) is 14.3 Å². The van der Waals surface area contributed by atoms with Crippen molar-refractivity contribution in [3.63, 3.8) is 0 Å². The van der Waals surface area contributed by atoms with Crippen molar-refractivity contribution in [3.8, 4) is 5.75 Å². The van der Waals surface area contributed by atoms with Gasteiger partial charge in [0.05, 0.1) is 24.7 Å². The Balaban J connectivity index is 1.41. The second kappa shape index (κ2) is 11.7. The molecule has 2 aromatic rings. The van der Waals surface area contributed by atoms with Crippen LogP contribution in [0.2, 0.25) is 5.02 Å². The third kappa shape index (κ3) is 7.57. The minimum atomic E-state index is -0.307. The lowest BCUT2D eigenvalue weighted by Gasteiger charge is -2.26. The molecular formula is C22H24ClN3O4S. The predicted molar refractivity (Wildman–Crippen MR) is 122 cm³/mol. The van der Waals surface area contributed by atoms with Crippen LogP contribution in [0.4, 0.5) is 0 Å². The second-order valence-electron chi connectivity index (χ2n) is 6.80. The van der Waals surface area contributed by atoms with Crippen molar-refractivity contribution in [3.05, 3.63) is 59.1 Å². The van der Waals surface area contributed by atoms with Crippen LogP contribution in [0, 0.1) is 0 Å². The molecule has 1 aliphatic heterocycles. The van der Waals surface area contributed by atoms with Gasteiger partial charge in [-0.25, -0.2) is 5.43 Å². The number of carbonyl (C=O) groups is 2. The maximum atomic E-state index is 12.2. The van der Waals surface area contributed by atoms with Gasteiger partial charge in [-0.05, 0) is 61.0 Å². The summed E-state index contributed by atoms with van der Waals surface area (Å²) >= 11 is 7.30. The van der Waals surface area contributed by atoms with Gasteiger partial charge in [-0.15, -0.1) is 11.8 Å². The maximum absolute atomic E-state index is 12.2. The van der Waals surface area contributed by atoms with E-state index >= 15 is 0 Å². The first-order valence-corrected chi connectivity index (χ1v) is 11.1. The van der Waals surface area contributed by atoms with Crippen molar-refractivity contribution < 1.29 is 19.1 Å². The molecule has 3 rings (SSSR count). The lowest BCUT2D eigenvalue weighted by Crippen LogP contribution is -2.42. The average Bonchev–Trinajstić information content (AvgIpc) is 2.80. The van der Waals surface area contributed by atoms with Crippen molar-refractivity contribution in [2.45, 2.75) is 17.1 Å². The van der Waals surface area contributed by atoms with Crippen molar-refractivity contribution >= 4 is 41.4 Å². The van der Waals surface area contributed by atoms with Gasteiger partial charge in [0.2, 0.25) is 0 Å². The lowest BCUT2D eigenvalue weighted by molar-refractivity contribution is -0.137. The van der Waals surface area contributed by atoms with Crippen molar-refractivity contribution in [2.75, 3.05) is 32.9 Å². The summed E-state index contributed by atoms with van der Waals surface area (Å²) in [5, 5.41) is 4.36. The van der Waals surface area contributed by atoms with E-state index in [0.717, 1.165) is 10.5 Å². The van der Waals surface area contributed by atoms with E-state index in [9.17, 15) is 9.59 Å². The third-order valence-electron chi connectivity index (χ3n) is 4.49. The normalized spacial score (nSPS) is 15.0. The number of hydrazone groups is 1. The van der Waals surface area contributed by atoms with Crippen molar-refractivity contribution in [1.29, 1.82) is 0 Å². The fourth-order valence-electron chi connectivity index (χ4n) is 2.73. The number of rotatable bonds is 8. The van der Waals surface area contributed by atoms with Crippen LogP contribution in [-0.4, -0.2) is 61.1 Å². The molecule has 0 radical (unpaired) electrons. The van der Waals surface area contributed by atoms with Gasteiger partial charge < -0.3 is 14.4 Å². The highest BCUT2D eigenvalue weighted by molar-refractivity contribution is 8.00. The number of thioether (sulfide) groups is 1. The summed E-state index contributed by atoms with van der Waals surface area (Å²) < 4.78 is 10.8. The Bertz CT molecular complexity index is 900. The predicted octanol–water partition coefficient (Wildman–Crippen LogP) is 3.21. The van der Waals surface area contributed by atoms with E-state index in [-0.39, 0.29) is 23.7 Å². The number of benzene rings is 2. The second-order valence-corrected chi connectivity index (χ2v) is 8.65. The molecule has 1 unspecified atom stereocenters. The highest BCUT2D eigenvalue weighted by Gasteiger charge is 2.17. The summed E-state index contributed by atoms with van der Waals surface area (Å²) in [4.78, 5) is 27.0. The van der Waals surface area contributed by atoms with E-state index in [4.69, 9.17) is 21.1 Å². The SMILES string of the molecule is CC(Sc1ccc(Cl)cc1)C(=O)N/N=C/c1ccc(OCC(=O)N2CCOCC2)cc1. The third-order valence-corrected chi connectivity index (χ3v) is 5.85. The zero-order chi connectivity index (χ0) is 22.1. The fraction of sp³-hybridized carbons (Fsp3) is 0.318. The molecule has 0 aliphatic carbocycles. The molecule has 2 aromatic carbocycles. The molecule has 1 N–H and O–H groups in total. The van der Waals surface area contributed by atoms with Gasteiger partial charge in [0.25, 0.3) is 11.8 Å². The van der Waals surface area contributed by atoms with E-state index in [1.165, 1.54) is 11.8 Å². The number of ether oxygens (including phenoxy) is 2. The molecule has 2 amide bonds. The molecule has 1 atom stereocenters. The van der Waals surface area contributed by atoms with Crippen LogP contribution in [0.25, 0.3) is 0 Å². The number of nitrogens with zero attached hydrogens (tertiary/aromatic N) is 2. The van der Waals surface area contributed by atoms with Gasteiger partial charge in [-0.2, -0.15) is 5.10 Å². The summed E-state index contributed by atoms with van der Waals surface area (Å²) in [6.45, 7) is 4.13. The number of amides is 2. The molecule has 164 valence electrons. The molecule has 1 heterocycles. The van der Waals surface area contributed by atoms with E-state index in [2.05, 4.69) is 10.5 Å². The number of nitrogens with one attached hydrogen (secondary N) is 1. The molecule has 0 saturated carbocycles. The summed E-state index contributed by atoms with van der Waals surface area (Å²) in [6, 6.07) is 14.4. The summed E-state index contributed by atoms with van der Waals surface area (Å²) in [5.41, 5.74) is 3.34. The van der Waals surface area contributed by atoms with Crippen molar-refractivity contribution in [2.24, 2.45) is 5.10 Å². The van der Waals surface area contributed by atoms with Crippen LogP contribution in [0.5, 0.6) is 5.75 Å². The highest BCUT2D eigenvalue weighted by atomic mass is 35.5. The number of hydrogen-bond donors (Lipinski definition) is 1. The fourth-order valence-corrected chi connectivity index (χ4v) is 3.72. The van der Waals surface area contributed by atoms with Crippen LogP contribution in [0.1, 0.15) is 12.5 Å². The van der Waals surface area contributed by atoms with E-state index in [1.54, 1.807) is 47.5 Å². The molecule has 0 spiro atoms.